The fourth-order valence-electron chi connectivity index (χ4n) is 1.84. The summed E-state index contributed by atoms with van der Waals surface area (Å²) in [4.78, 5) is 0. The van der Waals surface area contributed by atoms with Crippen LogP contribution in [-0.2, 0) is 12.8 Å². The first-order valence-electron chi connectivity index (χ1n) is 7.03. The molecule has 0 aliphatic heterocycles. The van der Waals surface area contributed by atoms with E-state index in [9.17, 15) is 0 Å². The van der Waals surface area contributed by atoms with Gasteiger partial charge < -0.3 is 0 Å². The Kier molecular flexibility index (Phi) is 7.86. The van der Waals surface area contributed by atoms with Crippen LogP contribution in [0.15, 0.2) is 54.1 Å². The van der Waals surface area contributed by atoms with Crippen LogP contribution in [-0.4, -0.2) is 0 Å². The summed E-state index contributed by atoms with van der Waals surface area (Å²) in [5, 5.41) is 0. The Hall–Kier alpha value is -1.39. The predicted octanol–water partition coefficient (Wildman–Crippen LogP) is 6.11. The molecule has 0 fully saturated rings. The molecule has 0 atom stereocenters. The molecule has 1 heterocycles. The molecule has 0 N–H and O–H groups in total. The van der Waals surface area contributed by atoms with E-state index in [1.54, 1.807) is 0 Å². The van der Waals surface area contributed by atoms with Crippen molar-refractivity contribution in [2.75, 3.05) is 0 Å². The summed E-state index contributed by atoms with van der Waals surface area (Å²) in [6.07, 6.45) is 6.62. The minimum Gasteiger partial charge on any atom is -0.0795 e. The smallest absolute Gasteiger partial charge is 0.00941 e. The van der Waals surface area contributed by atoms with E-state index in [1.165, 1.54) is 24.9 Å². The van der Waals surface area contributed by atoms with Crippen LogP contribution in [0, 0.1) is 0 Å². The molecule has 0 nitrogen and oxygen atoms in total. The molecule has 1 aromatic heterocycles. The predicted molar refractivity (Wildman–Crippen MR) is 88.9 cm³/mol. The van der Waals surface area contributed by atoms with Crippen LogP contribution >= 0.6 is 8.19 Å². The quantitative estimate of drug-likeness (QED) is 0.628. The SMILES string of the molecule is CC.CCc1ccpcc1/C=C\Cc1ccccc1. The number of rotatable bonds is 4. The van der Waals surface area contributed by atoms with Crippen molar-refractivity contribution in [2.24, 2.45) is 0 Å². The first-order chi connectivity index (χ1) is 9.40. The molecular weight excluding hydrogens is 247 g/mol. The first kappa shape index (κ1) is 15.7. The third-order valence-corrected chi connectivity index (χ3v) is 3.57. The van der Waals surface area contributed by atoms with Gasteiger partial charge in [0, 0.05) is 0 Å². The van der Waals surface area contributed by atoms with Crippen LogP contribution in [0.3, 0.4) is 0 Å². The van der Waals surface area contributed by atoms with E-state index in [4.69, 9.17) is 0 Å². The Balaban J connectivity index is 0.000000861. The second-order valence-electron chi connectivity index (χ2n) is 4.02. The fraction of sp³-hybridized carbons (Fsp3) is 0.278. The van der Waals surface area contributed by atoms with E-state index in [1.807, 2.05) is 13.8 Å². The van der Waals surface area contributed by atoms with E-state index >= 15 is 0 Å². The lowest BCUT2D eigenvalue weighted by Gasteiger charge is -2.01. The summed E-state index contributed by atoms with van der Waals surface area (Å²) in [6.45, 7) is 6.21. The van der Waals surface area contributed by atoms with E-state index in [0.29, 0.717) is 0 Å². The van der Waals surface area contributed by atoms with Crippen molar-refractivity contribution in [3.05, 3.63) is 70.8 Å². The highest BCUT2D eigenvalue weighted by Crippen LogP contribution is 2.17. The van der Waals surface area contributed by atoms with Gasteiger partial charge in [-0.05, 0) is 41.1 Å². The largest absolute Gasteiger partial charge is 0.0795 e. The molecule has 0 aliphatic carbocycles. The summed E-state index contributed by atoms with van der Waals surface area (Å²) in [5.41, 5.74) is 4.19. The molecule has 2 aromatic rings. The molecule has 2 rings (SSSR count). The standard InChI is InChI=1S/C16H17P.C2H6/c1-2-15-11-12-17-13-16(15)10-6-9-14-7-4-3-5-8-14;1-2/h3-8,10-13H,2,9H2,1H3;1-2H3/b10-6-;. The summed E-state index contributed by atoms with van der Waals surface area (Å²) in [6, 6.07) is 12.8. The first-order valence-corrected chi connectivity index (χ1v) is 8.07. The lowest BCUT2D eigenvalue weighted by Crippen LogP contribution is -1.84. The van der Waals surface area contributed by atoms with Crippen LogP contribution in [0.25, 0.3) is 6.08 Å². The van der Waals surface area contributed by atoms with Gasteiger partial charge >= 0.3 is 0 Å². The van der Waals surface area contributed by atoms with E-state index in [2.05, 4.69) is 67.1 Å². The third-order valence-electron chi connectivity index (χ3n) is 2.82. The van der Waals surface area contributed by atoms with Gasteiger partial charge in [-0.2, -0.15) is 0 Å². The van der Waals surface area contributed by atoms with Crippen molar-refractivity contribution in [1.29, 1.82) is 0 Å². The molecule has 19 heavy (non-hydrogen) atoms. The van der Waals surface area contributed by atoms with Crippen LogP contribution in [0.4, 0.5) is 0 Å². The summed E-state index contributed by atoms with van der Waals surface area (Å²) < 4.78 is 0. The highest BCUT2D eigenvalue weighted by Gasteiger charge is 1.94. The molecule has 1 aromatic carbocycles. The zero-order valence-corrected chi connectivity index (χ0v) is 13.0. The normalized spacial score (nSPS) is 10.5. The minimum absolute atomic E-state index is 1.01. The molecular formula is C18H23P. The minimum atomic E-state index is 1.01. The van der Waals surface area contributed by atoms with Gasteiger partial charge in [0.15, 0.2) is 0 Å². The Morgan fingerprint density at radius 1 is 1.05 bits per heavy atom. The fourth-order valence-corrected chi connectivity index (χ4v) is 2.61. The maximum Gasteiger partial charge on any atom is -0.00941 e. The number of allylic oxidation sites excluding steroid dienone is 1. The molecule has 0 unspecified atom stereocenters. The molecule has 0 saturated carbocycles. The lowest BCUT2D eigenvalue weighted by atomic mass is 10.1. The topological polar surface area (TPSA) is 0 Å². The molecule has 0 radical (unpaired) electrons. The molecule has 0 amide bonds. The zero-order chi connectivity index (χ0) is 13.9. The molecule has 1 heteroatoms. The zero-order valence-electron chi connectivity index (χ0n) is 12.1. The van der Waals surface area contributed by atoms with E-state index in [0.717, 1.165) is 12.8 Å². The second kappa shape index (κ2) is 9.53. The van der Waals surface area contributed by atoms with Crippen molar-refractivity contribution in [3.8, 4) is 0 Å². The number of aryl methyl sites for hydroxylation is 1. The van der Waals surface area contributed by atoms with Gasteiger partial charge in [0.1, 0.15) is 0 Å². The Morgan fingerprint density at radius 2 is 1.79 bits per heavy atom. The van der Waals surface area contributed by atoms with Gasteiger partial charge in [-0.1, -0.05) is 77.5 Å². The highest BCUT2D eigenvalue weighted by atomic mass is 31.0. The molecule has 0 spiro atoms. The van der Waals surface area contributed by atoms with Gasteiger partial charge in [0.05, 0.1) is 0 Å². The summed E-state index contributed by atoms with van der Waals surface area (Å²) >= 11 is 0. The van der Waals surface area contributed by atoms with Crippen LogP contribution in [0.1, 0.15) is 37.5 Å². The number of hydrogen-bond donors (Lipinski definition) is 0. The molecule has 0 aliphatic rings. The van der Waals surface area contributed by atoms with Crippen LogP contribution in [0.2, 0.25) is 0 Å². The van der Waals surface area contributed by atoms with Gasteiger partial charge in [0.25, 0.3) is 0 Å². The summed E-state index contributed by atoms with van der Waals surface area (Å²) in [5.74, 6) is 4.48. The third kappa shape index (κ3) is 5.41. The Morgan fingerprint density at radius 3 is 2.47 bits per heavy atom. The Bertz CT molecular complexity index is 486. The van der Waals surface area contributed by atoms with Crippen molar-refractivity contribution in [1.82, 2.24) is 0 Å². The van der Waals surface area contributed by atoms with Crippen molar-refractivity contribution in [3.63, 3.8) is 0 Å². The van der Waals surface area contributed by atoms with Gasteiger partial charge in [-0.25, -0.2) is 0 Å². The molecule has 0 saturated heterocycles. The van der Waals surface area contributed by atoms with E-state index < -0.39 is 0 Å². The van der Waals surface area contributed by atoms with Crippen LogP contribution < -0.4 is 0 Å². The van der Waals surface area contributed by atoms with Gasteiger partial charge in [0.2, 0.25) is 0 Å². The molecule has 100 valence electrons. The van der Waals surface area contributed by atoms with Crippen molar-refractivity contribution >= 4 is 14.3 Å². The average Bonchev–Trinajstić information content (AvgIpc) is 2.51. The lowest BCUT2D eigenvalue weighted by molar-refractivity contribution is 1.14. The maximum atomic E-state index is 2.28. The summed E-state index contributed by atoms with van der Waals surface area (Å²) in [7, 11) is 1.29. The Labute approximate surface area is 119 Å². The van der Waals surface area contributed by atoms with Gasteiger partial charge in [-0.3, -0.25) is 0 Å². The second-order valence-corrected chi connectivity index (χ2v) is 4.87. The number of benzene rings is 1. The molecule has 0 bridgehead atoms. The van der Waals surface area contributed by atoms with Crippen molar-refractivity contribution < 1.29 is 0 Å². The van der Waals surface area contributed by atoms with Crippen molar-refractivity contribution in [2.45, 2.75) is 33.6 Å². The van der Waals surface area contributed by atoms with Crippen LogP contribution in [0.5, 0.6) is 0 Å². The number of hydrogen-bond acceptors (Lipinski definition) is 0. The monoisotopic (exact) mass is 270 g/mol. The van der Waals surface area contributed by atoms with E-state index in [-0.39, 0.29) is 0 Å². The maximum absolute atomic E-state index is 2.28. The van der Waals surface area contributed by atoms with Gasteiger partial charge in [-0.15, -0.1) is 0 Å². The highest BCUT2D eigenvalue weighted by molar-refractivity contribution is 7.28. The average molecular weight is 270 g/mol.